The summed E-state index contributed by atoms with van der Waals surface area (Å²) in [5, 5.41) is 4.63. The molecule has 2 heterocycles. The number of alkyl halides is 2. The molecule has 0 N–H and O–H groups in total. The Bertz CT molecular complexity index is 587. The number of likely N-dealkylation sites (tertiary alicyclic amines) is 1. The molecule has 6 heteroatoms. The zero-order valence-electron chi connectivity index (χ0n) is 10.2. The van der Waals surface area contributed by atoms with Crippen molar-refractivity contribution < 1.29 is 17.7 Å². The molecule has 19 heavy (non-hydrogen) atoms. The maximum atomic E-state index is 13.1. The number of hydrogen-bond donors (Lipinski definition) is 0. The lowest BCUT2D eigenvalue weighted by Crippen LogP contribution is -2.38. The second-order valence-electron chi connectivity index (χ2n) is 4.90. The average molecular weight is 270 g/mol. The summed E-state index contributed by atoms with van der Waals surface area (Å²) in [4.78, 5) is 1.91. The predicted molar refractivity (Wildman–Crippen MR) is 63.4 cm³/mol. The van der Waals surface area contributed by atoms with E-state index < -0.39 is 5.92 Å². The molecule has 1 aliphatic rings. The number of fused-ring (bicyclic) bond motifs is 1. The van der Waals surface area contributed by atoms with Crippen LogP contribution in [0.4, 0.5) is 13.2 Å². The van der Waals surface area contributed by atoms with Gasteiger partial charge in [0, 0.05) is 43.9 Å². The van der Waals surface area contributed by atoms with Gasteiger partial charge in [-0.1, -0.05) is 5.16 Å². The number of halogens is 3. The molecule has 1 saturated heterocycles. The molecule has 0 bridgehead atoms. The molecule has 102 valence electrons. The van der Waals surface area contributed by atoms with E-state index in [4.69, 9.17) is 4.52 Å². The first-order valence-corrected chi connectivity index (χ1v) is 6.17. The van der Waals surface area contributed by atoms with E-state index in [1.807, 2.05) is 4.90 Å². The standard InChI is InChI=1S/C13H13F3N2O/c14-9-1-2-10-11(17-19-12(10)7-9)8-18-5-3-13(15,16)4-6-18/h1-2,7H,3-6,8H2. The van der Waals surface area contributed by atoms with Crippen molar-refractivity contribution in [3.63, 3.8) is 0 Å². The fourth-order valence-corrected chi connectivity index (χ4v) is 2.33. The SMILES string of the molecule is Fc1ccc2c(CN3CCC(F)(F)CC3)noc2c1. The zero-order valence-corrected chi connectivity index (χ0v) is 10.2. The van der Waals surface area contributed by atoms with Gasteiger partial charge in [0.15, 0.2) is 5.58 Å². The van der Waals surface area contributed by atoms with Crippen molar-refractivity contribution in [3.8, 4) is 0 Å². The van der Waals surface area contributed by atoms with Gasteiger partial charge in [-0.15, -0.1) is 0 Å². The van der Waals surface area contributed by atoms with E-state index in [1.54, 1.807) is 6.07 Å². The molecule has 0 aliphatic carbocycles. The monoisotopic (exact) mass is 270 g/mol. The van der Waals surface area contributed by atoms with Gasteiger partial charge in [-0.05, 0) is 12.1 Å². The third-order valence-corrected chi connectivity index (χ3v) is 3.47. The van der Waals surface area contributed by atoms with Crippen LogP contribution in [0.3, 0.4) is 0 Å². The number of benzene rings is 1. The van der Waals surface area contributed by atoms with Gasteiger partial charge in [-0.3, -0.25) is 4.90 Å². The summed E-state index contributed by atoms with van der Waals surface area (Å²) in [5.74, 6) is -2.93. The van der Waals surface area contributed by atoms with Crippen LogP contribution in [0.25, 0.3) is 11.0 Å². The van der Waals surface area contributed by atoms with Gasteiger partial charge in [0.1, 0.15) is 11.5 Å². The van der Waals surface area contributed by atoms with Gasteiger partial charge in [0.2, 0.25) is 0 Å². The molecule has 0 amide bonds. The Kier molecular flexibility index (Phi) is 2.97. The Hall–Kier alpha value is -1.56. The first-order valence-electron chi connectivity index (χ1n) is 6.17. The normalized spacial score (nSPS) is 19.9. The fraction of sp³-hybridized carbons (Fsp3) is 0.462. The highest BCUT2D eigenvalue weighted by Crippen LogP contribution is 2.29. The molecule has 0 unspecified atom stereocenters. The molecule has 3 nitrogen and oxygen atoms in total. The minimum absolute atomic E-state index is 0.128. The maximum absolute atomic E-state index is 13.1. The Balaban J connectivity index is 1.75. The van der Waals surface area contributed by atoms with Gasteiger partial charge in [0.25, 0.3) is 5.92 Å². The first kappa shape index (κ1) is 12.5. The molecule has 1 fully saturated rings. The zero-order chi connectivity index (χ0) is 13.5. The molecular weight excluding hydrogens is 257 g/mol. The molecule has 0 spiro atoms. The maximum Gasteiger partial charge on any atom is 0.250 e. The van der Waals surface area contributed by atoms with E-state index in [0.717, 1.165) is 5.39 Å². The van der Waals surface area contributed by atoms with E-state index in [2.05, 4.69) is 5.16 Å². The van der Waals surface area contributed by atoms with Crippen LogP contribution in [0.1, 0.15) is 18.5 Å². The van der Waals surface area contributed by atoms with Crippen LogP contribution in [-0.2, 0) is 6.54 Å². The van der Waals surface area contributed by atoms with Crippen LogP contribution in [0.15, 0.2) is 22.7 Å². The Labute approximate surface area is 108 Å². The first-order chi connectivity index (χ1) is 9.03. The van der Waals surface area contributed by atoms with Gasteiger partial charge in [-0.25, -0.2) is 13.2 Å². The smallest absolute Gasteiger partial charge is 0.250 e. The van der Waals surface area contributed by atoms with Crippen LogP contribution in [-0.4, -0.2) is 29.1 Å². The van der Waals surface area contributed by atoms with Crippen LogP contribution >= 0.6 is 0 Å². The van der Waals surface area contributed by atoms with Crippen LogP contribution in [0.2, 0.25) is 0 Å². The summed E-state index contributed by atoms with van der Waals surface area (Å²) in [6, 6.07) is 4.22. The Morgan fingerprint density at radius 3 is 2.74 bits per heavy atom. The van der Waals surface area contributed by atoms with Crippen molar-refractivity contribution in [2.45, 2.75) is 25.3 Å². The topological polar surface area (TPSA) is 29.3 Å². The van der Waals surface area contributed by atoms with Gasteiger partial charge in [-0.2, -0.15) is 0 Å². The number of rotatable bonds is 2. The van der Waals surface area contributed by atoms with Crippen LogP contribution < -0.4 is 0 Å². The molecular formula is C13H13F3N2O. The number of piperidine rings is 1. The predicted octanol–water partition coefficient (Wildman–Crippen LogP) is 3.20. The van der Waals surface area contributed by atoms with Crippen molar-refractivity contribution in [3.05, 3.63) is 29.7 Å². The van der Waals surface area contributed by atoms with Crippen molar-refractivity contribution >= 4 is 11.0 Å². The fourth-order valence-electron chi connectivity index (χ4n) is 2.33. The molecule has 1 aromatic carbocycles. The minimum Gasteiger partial charge on any atom is -0.356 e. The van der Waals surface area contributed by atoms with Crippen molar-refractivity contribution in [1.82, 2.24) is 10.1 Å². The molecule has 1 aromatic heterocycles. The lowest BCUT2D eigenvalue weighted by Gasteiger charge is -2.30. The molecule has 0 radical (unpaired) electrons. The van der Waals surface area contributed by atoms with Crippen LogP contribution in [0.5, 0.6) is 0 Å². The third-order valence-electron chi connectivity index (χ3n) is 3.47. The average Bonchev–Trinajstić information content (AvgIpc) is 2.74. The molecule has 0 atom stereocenters. The summed E-state index contributed by atoms with van der Waals surface area (Å²) in [6.45, 7) is 1.12. The number of hydrogen-bond acceptors (Lipinski definition) is 3. The summed E-state index contributed by atoms with van der Waals surface area (Å²) in [7, 11) is 0. The van der Waals surface area contributed by atoms with E-state index in [9.17, 15) is 13.2 Å². The Morgan fingerprint density at radius 2 is 2.00 bits per heavy atom. The second-order valence-corrected chi connectivity index (χ2v) is 4.90. The molecule has 3 rings (SSSR count). The highest BCUT2D eigenvalue weighted by atomic mass is 19.3. The van der Waals surface area contributed by atoms with Gasteiger partial charge < -0.3 is 4.52 Å². The molecule has 1 aliphatic heterocycles. The van der Waals surface area contributed by atoms with Crippen molar-refractivity contribution in [1.29, 1.82) is 0 Å². The summed E-state index contributed by atoms with van der Waals surface area (Å²) < 4.78 is 44.2. The van der Waals surface area contributed by atoms with E-state index in [0.29, 0.717) is 30.9 Å². The van der Waals surface area contributed by atoms with E-state index in [-0.39, 0.29) is 18.7 Å². The second kappa shape index (κ2) is 4.52. The Morgan fingerprint density at radius 1 is 1.26 bits per heavy atom. The number of aromatic nitrogens is 1. The quantitative estimate of drug-likeness (QED) is 0.839. The molecule has 0 saturated carbocycles. The summed E-state index contributed by atoms with van der Waals surface area (Å²) in [6.07, 6.45) is -0.255. The van der Waals surface area contributed by atoms with E-state index in [1.165, 1.54) is 12.1 Å². The lowest BCUT2D eigenvalue weighted by molar-refractivity contribution is -0.0568. The summed E-state index contributed by atoms with van der Waals surface area (Å²) in [5.41, 5.74) is 1.05. The number of nitrogens with zero attached hydrogens (tertiary/aromatic N) is 2. The van der Waals surface area contributed by atoms with E-state index >= 15 is 0 Å². The molecule has 2 aromatic rings. The van der Waals surface area contributed by atoms with Crippen molar-refractivity contribution in [2.24, 2.45) is 0 Å². The van der Waals surface area contributed by atoms with Crippen LogP contribution in [0, 0.1) is 5.82 Å². The minimum atomic E-state index is -2.55. The third kappa shape index (κ3) is 2.58. The highest BCUT2D eigenvalue weighted by molar-refractivity contribution is 5.79. The summed E-state index contributed by atoms with van der Waals surface area (Å²) >= 11 is 0. The van der Waals surface area contributed by atoms with Crippen molar-refractivity contribution in [2.75, 3.05) is 13.1 Å². The van der Waals surface area contributed by atoms with Gasteiger partial charge >= 0.3 is 0 Å². The lowest BCUT2D eigenvalue weighted by atomic mass is 10.1. The highest BCUT2D eigenvalue weighted by Gasteiger charge is 2.34. The van der Waals surface area contributed by atoms with Gasteiger partial charge in [0.05, 0.1) is 0 Å². The largest absolute Gasteiger partial charge is 0.356 e.